The monoisotopic (exact) mass is 1040 g/mol. The molecule has 1 aliphatic heterocycles. The first-order chi connectivity index (χ1) is 34.4. The average molecular weight is 1040 g/mol. The molecule has 72 heavy (non-hydrogen) atoms. The van der Waals surface area contributed by atoms with Gasteiger partial charge in [0.25, 0.3) is 0 Å². The van der Waals surface area contributed by atoms with Gasteiger partial charge in [-0.2, -0.15) is 0 Å². The standard InChI is InChI=1S/C53H68F2N2O13S2/c1-5-6-8-32(2)71-42(29-47(63)64)48(65)56-18-20-67-22-24-68-23-21-66-19-16-46(62)57-34-9-7-10-37(25-34)72-36-13-11-33(12-14-36)49-69-45-28-38-39-27-41(54)40-26-35(59)15-17-50(40,3)52(39,55)43(60)30-51(38,4)53(45,70-49)44(61)31-58/h7,9-15,17,25-26,32,38-39,41-43,45,49,58,60H,5-6,8,16,18-24,27-31H2,1-4H3,(H,56,65)(H,57,62)(H,63,64)/t32?,38-,39-,41-,42?,43-,45+,49+,50-,51-,52-,53+/m0/s1. The van der Waals surface area contributed by atoms with Crippen LogP contribution in [0.1, 0.15) is 90.9 Å². The molecule has 1 heterocycles. The summed E-state index contributed by atoms with van der Waals surface area (Å²) >= 11 is 2.85. The maximum absolute atomic E-state index is 17.8. The fraction of sp³-hybridized carbons (Fsp3) is 0.604. The Balaban J connectivity index is 0.825. The van der Waals surface area contributed by atoms with Crippen LogP contribution in [0.2, 0.25) is 0 Å². The van der Waals surface area contributed by atoms with Crippen LogP contribution in [-0.4, -0.2) is 138 Å². The average Bonchev–Trinajstić information content (AvgIpc) is 3.85. The topological polar surface area (TPSA) is 216 Å². The van der Waals surface area contributed by atoms with E-state index in [2.05, 4.69) is 17.6 Å². The largest absolute Gasteiger partial charge is 0.481 e. The molecule has 2 aromatic rings. The van der Waals surface area contributed by atoms with E-state index in [-0.39, 0.29) is 81.1 Å². The zero-order valence-corrected chi connectivity index (χ0v) is 42.9. The minimum absolute atomic E-state index is 0.00938. The fourth-order valence-electron chi connectivity index (χ4n) is 11.7. The molecule has 12 atom stereocenters. The second-order valence-electron chi connectivity index (χ2n) is 19.8. The molecule has 2 aromatic carbocycles. The van der Waals surface area contributed by atoms with Gasteiger partial charge in [-0.1, -0.05) is 69.6 Å². The number of alkyl halides is 2. The quantitative estimate of drug-likeness (QED) is 0.0593. The summed E-state index contributed by atoms with van der Waals surface area (Å²) in [6.07, 6.45) is 1.02. The number of carboxylic acids is 1. The molecule has 1 saturated heterocycles. The number of amides is 2. The van der Waals surface area contributed by atoms with E-state index in [0.29, 0.717) is 31.1 Å². The number of aliphatic hydroxyl groups excluding tert-OH is 2. The van der Waals surface area contributed by atoms with Crippen molar-refractivity contribution in [1.29, 1.82) is 0 Å². The van der Waals surface area contributed by atoms with Gasteiger partial charge in [-0.25, -0.2) is 8.78 Å². The third kappa shape index (κ3) is 11.6. The Kier molecular flexibility index (Phi) is 18.6. The van der Waals surface area contributed by atoms with Gasteiger partial charge in [0.15, 0.2) is 29.1 Å². The molecule has 0 aromatic heterocycles. The van der Waals surface area contributed by atoms with Crippen LogP contribution in [0, 0.1) is 22.7 Å². The number of allylic oxidation sites excluding steroid dienone is 4. The van der Waals surface area contributed by atoms with Gasteiger partial charge in [-0.15, -0.1) is 11.8 Å². The lowest BCUT2D eigenvalue weighted by molar-refractivity contribution is -0.235. The molecule has 4 aliphatic carbocycles. The second-order valence-corrected chi connectivity index (χ2v) is 22.6. The number of unbranched alkanes of at least 4 members (excludes halogenated alkanes) is 1. The van der Waals surface area contributed by atoms with Gasteiger partial charge in [0, 0.05) is 49.6 Å². The molecule has 19 heteroatoms. The zero-order valence-electron chi connectivity index (χ0n) is 41.3. The lowest BCUT2D eigenvalue weighted by Crippen LogP contribution is -2.70. The number of Topliss-reactive ketones (excluding diaryl/α,β-unsaturated/α-hetero) is 1. The Labute approximate surface area is 427 Å². The van der Waals surface area contributed by atoms with E-state index >= 15 is 8.78 Å². The summed E-state index contributed by atoms with van der Waals surface area (Å²) in [5.74, 6) is -4.33. The number of ether oxygens (including phenoxy) is 5. The molecule has 0 radical (unpaired) electrons. The summed E-state index contributed by atoms with van der Waals surface area (Å²) in [4.78, 5) is 64.5. The molecule has 2 amide bonds. The van der Waals surface area contributed by atoms with Crippen molar-refractivity contribution < 1.29 is 71.8 Å². The number of carbonyl (C=O) groups excluding carboxylic acids is 4. The van der Waals surface area contributed by atoms with Gasteiger partial charge in [-0.05, 0) is 86.6 Å². The van der Waals surface area contributed by atoms with Crippen molar-refractivity contribution in [3.8, 4) is 0 Å². The molecule has 394 valence electrons. The van der Waals surface area contributed by atoms with E-state index in [1.54, 1.807) is 25.1 Å². The molecule has 0 bridgehead atoms. The van der Waals surface area contributed by atoms with Gasteiger partial charge in [0.1, 0.15) is 12.8 Å². The fourth-order valence-corrected chi connectivity index (χ4v) is 13.9. The van der Waals surface area contributed by atoms with Crippen LogP contribution in [0.25, 0.3) is 0 Å². The zero-order chi connectivity index (χ0) is 51.8. The third-order valence-electron chi connectivity index (χ3n) is 15.2. The highest BCUT2D eigenvalue weighted by Crippen LogP contribution is 2.72. The van der Waals surface area contributed by atoms with E-state index in [1.807, 2.05) is 37.3 Å². The van der Waals surface area contributed by atoms with Crippen molar-refractivity contribution in [3.05, 3.63) is 77.9 Å². The van der Waals surface area contributed by atoms with Crippen molar-refractivity contribution >= 4 is 58.6 Å². The van der Waals surface area contributed by atoms with Crippen LogP contribution >= 0.6 is 23.5 Å². The number of ketones is 2. The summed E-state index contributed by atoms with van der Waals surface area (Å²) in [6.45, 7) is 8.40. The van der Waals surface area contributed by atoms with E-state index in [0.717, 1.165) is 35.1 Å². The highest BCUT2D eigenvalue weighted by molar-refractivity contribution is 8.01. The number of hydrogen-bond donors (Lipinski definition) is 5. The Morgan fingerprint density at radius 3 is 2.36 bits per heavy atom. The Morgan fingerprint density at radius 1 is 0.958 bits per heavy atom. The van der Waals surface area contributed by atoms with Gasteiger partial charge in [-0.3, -0.25) is 24.0 Å². The van der Waals surface area contributed by atoms with E-state index < -0.39 is 88.0 Å². The number of fused-ring (bicyclic) bond motifs is 7. The van der Waals surface area contributed by atoms with Crippen molar-refractivity contribution in [3.63, 3.8) is 0 Å². The molecule has 5 N–H and O–H groups in total. The first-order valence-electron chi connectivity index (χ1n) is 24.9. The Bertz CT molecular complexity index is 2340. The number of rotatable bonds is 26. The lowest BCUT2D eigenvalue weighted by Gasteiger charge is -2.63. The summed E-state index contributed by atoms with van der Waals surface area (Å²) < 4.78 is 63.5. The molecular formula is C53H68F2N2O13S2. The van der Waals surface area contributed by atoms with Crippen LogP contribution in [0.5, 0.6) is 0 Å². The molecule has 5 aliphatic rings. The van der Waals surface area contributed by atoms with Crippen LogP contribution in [-0.2, 0) is 47.7 Å². The second kappa shape index (κ2) is 24.1. The van der Waals surface area contributed by atoms with Gasteiger partial charge >= 0.3 is 5.97 Å². The summed E-state index contributed by atoms with van der Waals surface area (Å²) in [5.41, 5.74) is -5.69. The van der Waals surface area contributed by atoms with Crippen LogP contribution in [0.15, 0.2) is 82.1 Å². The minimum Gasteiger partial charge on any atom is -0.481 e. The van der Waals surface area contributed by atoms with Gasteiger partial charge in [0.2, 0.25) is 11.8 Å². The van der Waals surface area contributed by atoms with Crippen LogP contribution < -0.4 is 10.6 Å². The lowest BCUT2D eigenvalue weighted by atomic mass is 9.44. The summed E-state index contributed by atoms with van der Waals surface area (Å²) in [6, 6.07) is 14.7. The number of carbonyl (C=O) groups is 5. The smallest absolute Gasteiger partial charge is 0.305 e. The normalized spacial score (nSPS) is 31.1. The van der Waals surface area contributed by atoms with Crippen molar-refractivity contribution in [2.24, 2.45) is 22.7 Å². The molecule has 15 nitrogen and oxygen atoms in total. The highest BCUT2D eigenvalue weighted by atomic mass is 32.2. The van der Waals surface area contributed by atoms with E-state index in [4.69, 9.17) is 23.7 Å². The third-order valence-corrected chi connectivity index (χ3v) is 17.6. The molecular weight excluding hydrogens is 975 g/mol. The molecule has 2 unspecified atom stereocenters. The van der Waals surface area contributed by atoms with E-state index in [1.165, 1.54) is 42.6 Å². The number of halogens is 2. The van der Waals surface area contributed by atoms with E-state index in [9.17, 15) is 39.3 Å². The number of nitrogens with one attached hydrogen (secondary N) is 2. The number of hydrogen-bond acceptors (Lipinski definition) is 14. The Morgan fingerprint density at radius 2 is 1.67 bits per heavy atom. The first-order valence-corrected chi connectivity index (χ1v) is 26.7. The number of aliphatic hydroxyl groups is 2. The molecule has 0 spiro atoms. The molecule has 3 saturated carbocycles. The van der Waals surface area contributed by atoms with Gasteiger partial charge < -0.3 is 49.6 Å². The van der Waals surface area contributed by atoms with Crippen molar-refractivity contribution in [1.82, 2.24) is 5.32 Å². The first kappa shape index (κ1) is 55.7. The number of benzene rings is 2. The SMILES string of the molecule is CCCCC(C)SC(CC(=O)O)C(=O)NCCOCCOCCOCCC(=O)Nc1cccc(Sc2ccc([C@@H]3O[C@@H]4C[C@H]5[C@@H]6C[C@H](F)C7=CC(=O)C=C[C@]7(C)[C@@]6(F)[C@@H](O)C[C@]5(C)[C@]4(C(=O)CO)O3)cc2)c1. The van der Waals surface area contributed by atoms with Crippen molar-refractivity contribution in [2.45, 2.75) is 135 Å². The maximum Gasteiger partial charge on any atom is 0.305 e. The van der Waals surface area contributed by atoms with Crippen molar-refractivity contribution in [2.75, 3.05) is 58.1 Å². The van der Waals surface area contributed by atoms with Crippen LogP contribution in [0.3, 0.4) is 0 Å². The maximum atomic E-state index is 17.8. The highest BCUT2D eigenvalue weighted by Gasteiger charge is 2.80. The predicted octanol–water partition coefficient (Wildman–Crippen LogP) is 7.13. The predicted molar refractivity (Wildman–Crippen MR) is 266 cm³/mol. The van der Waals surface area contributed by atoms with Gasteiger partial charge in [0.05, 0.1) is 69.9 Å². The number of thioether (sulfide) groups is 1. The molecule has 4 fully saturated rings. The van der Waals surface area contributed by atoms with Crippen LogP contribution in [0.4, 0.5) is 14.5 Å². The molecule has 7 rings (SSSR count). The summed E-state index contributed by atoms with van der Waals surface area (Å²) in [7, 11) is 0. The number of aliphatic carboxylic acids is 1. The number of carboxylic acid groups (broad SMARTS) is 1. The summed E-state index contributed by atoms with van der Waals surface area (Å²) in [5, 5.41) is 36.6. The minimum atomic E-state index is -2.34. The Hall–Kier alpha value is -4.05. The number of anilines is 1.